The zero-order valence-corrected chi connectivity index (χ0v) is 10.3. The van der Waals surface area contributed by atoms with Crippen molar-refractivity contribution in [2.24, 2.45) is 11.8 Å². The van der Waals surface area contributed by atoms with Crippen LogP contribution in [0.25, 0.3) is 0 Å². The maximum Gasteiger partial charge on any atom is 0.126 e. The van der Waals surface area contributed by atoms with Gasteiger partial charge in [-0.25, -0.2) is 8.78 Å². The van der Waals surface area contributed by atoms with Crippen LogP contribution < -0.4 is 5.32 Å². The lowest BCUT2D eigenvalue weighted by Gasteiger charge is -2.23. The topological polar surface area (TPSA) is 12.0 Å². The van der Waals surface area contributed by atoms with E-state index in [0.717, 1.165) is 24.5 Å². The summed E-state index contributed by atoms with van der Waals surface area (Å²) in [5.41, 5.74) is 0.726. The van der Waals surface area contributed by atoms with Gasteiger partial charge in [-0.3, -0.25) is 0 Å². The molecule has 94 valence electrons. The standard InChI is InChI=1S/C14H19F2N/c1-9-3-4-10(5-9)14(17-2)11-6-12(15)8-13(16)7-11/h6-10,14,17H,3-5H2,1-2H3. The van der Waals surface area contributed by atoms with Gasteiger partial charge < -0.3 is 5.32 Å². The number of hydrogen-bond donors (Lipinski definition) is 1. The van der Waals surface area contributed by atoms with Gasteiger partial charge in [0.15, 0.2) is 0 Å². The van der Waals surface area contributed by atoms with Gasteiger partial charge in [0, 0.05) is 12.1 Å². The Morgan fingerprint density at radius 2 is 1.82 bits per heavy atom. The summed E-state index contributed by atoms with van der Waals surface area (Å²) in [6.45, 7) is 2.24. The van der Waals surface area contributed by atoms with Crippen LogP contribution in [0.15, 0.2) is 18.2 Å². The minimum absolute atomic E-state index is 0.0603. The summed E-state index contributed by atoms with van der Waals surface area (Å²) in [5, 5.41) is 3.20. The van der Waals surface area contributed by atoms with Crippen molar-refractivity contribution in [3.05, 3.63) is 35.4 Å². The lowest BCUT2D eigenvalue weighted by atomic mass is 9.91. The van der Waals surface area contributed by atoms with Crippen LogP contribution in [0, 0.1) is 23.5 Å². The first kappa shape index (κ1) is 12.5. The van der Waals surface area contributed by atoms with E-state index >= 15 is 0 Å². The van der Waals surface area contributed by atoms with Crippen LogP contribution >= 0.6 is 0 Å². The molecule has 1 saturated carbocycles. The third-order valence-corrected chi connectivity index (χ3v) is 3.76. The molecular weight excluding hydrogens is 220 g/mol. The molecule has 0 heterocycles. The van der Waals surface area contributed by atoms with Gasteiger partial charge in [-0.2, -0.15) is 0 Å². The van der Waals surface area contributed by atoms with E-state index in [-0.39, 0.29) is 6.04 Å². The molecule has 3 unspecified atom stereocenters. The Morgan fingerprint density at radius 1 is 1.18 bits per heavy atom. The van der Waals surface area contributed by atoms with E-state index in [2.05, 4.69) is 12.2 Å². The van der Waals surface area contributed by atoms with Gasteiger partial charge in [-0.15, -0.1) is 0 Å². The molecule has 1 aliphatic rings. The first-order valence-corrected chi connectivity index (χ1v) is 6.23. The highest BCUT2D eigenvalue weighted by molar-refractivity contribution is 5.22. The van der Waals surface area contributed by atoms with Crippen LogP contribution in [0.5, 0.6) is 0 Å². The van der Waals surface area contributed by atoms with Crippen LogP contribution in [0.2, 0.25) is 0 Å². The Balaban J connectivity index is 2.22. The molecule has 0 aliphatic heterocycles. The molecule has 0 amide bonds. The van der Waals surface area contributed by atoms with Crippen molar-refractivity contribution < 1.29 is 8.78 Å². The second-order valence-corrected chi connectivity index (χ2v) is 5.15. The average molecular weight is 239 g/mol. The molecule has 0 spiro atoms. The third-order valence-electron chi connectivity index (χ3n) is 3.76. The maximum absolute atomic E-state index is 13.2. The Labute approximate surface area is 101 Å². The van der Waals surface area contributed by atoms with E-state index < -0.39 is 11.6 Å². The molecular formula is C14H19F2N. The number of hydrogen-bond acceptors (Lipinski definition) is 1. The first-order valence-electron chi connectivity index (χ1n) is 6.23. The van der Waals surface area contributed by atoms with Crippen molar-refractivity contribution in [3.8, 4) is 0 Å². The van der Waals surface area contributed by atoms with E-state index in [9.17, 15) is 8.78 Å². The highest BCUT2D eigenvalue weighted by Crippen LogP contribution is 2.38. The lowest BCUT2D eigenvalue weighted by Crippen LogP contribution is -2.24. The minimum Gasteiger partial charge on any atom is -0.313 e. The molecule has 1 N–H and O–H groups in total. The summed E-state index contributed by atoms with van der Waals surface area (Å²) in [6.07, 6.45) is 3.47. The quantitative estimate of drug-likeness (QED) is 0.848. The molecule has 3 atom stereocenters. The van der Waals surface area contributed by atoms with Gasteiger partial charge in [-0.1, -0.05) is 13.3 Å². The van der Waals surface area contributed by atoms with Crippen molar-refractivity contribution in [2.75, 3.05) is 7.05 Å². The van der Waals surface area contributed by atoms with Crippen molar-refractivity contribution >= 4 is 0 Å². The number of halogens is 2. The Kier molecular flexibility index (Phi) is 3.77. The van der Waals surface area contributed by atoms with Crippen LogP contribution in [0.4, 0.5) is 8.78 Å². The number of nitrogens with one attached hydrogen (secondary N) is 1. The summed E-state index contributed by atoms with van der Waals surface area (Å²) in [5.74, 6) is 0.211. The summed E-state index contributed by atoms with van der Waals surface area (Å²) in [6, 6.07) is 3.86. The van der Waals surface area contributed by atoms with Crippen LogP contribution in [-0.2, 0) is 0 Å². The van der Waals surface area contributed by atoms with E-state index in [4.69, 9.17) is 0 Å². The second kappa shape index (κ2) is 5.13. The molecule has 0 saturated heterocycles. The SMILES string of the molecule is CNC(c1cc(F)cc(F)c1)C1CCC(C)C1. The van der Waals surface area contributed by atoms with E-state index in [1.807, 2.05) is 7.05 Å². The van der Waals surface area contributed by atoms with Gasteiger partial charge in [0.25, 0.3) is 0 Å². The largest absolute Gasteiger partial charge is 0.313 e. The molecule has 1 aromatic carbocycles. The predicted molar refractivity (Wildman–Crippen MR) is 64.7 cm³/mol. The van der Waals surface area contributed by atoms with Gasteiger partial charge in [0.2, 0.25) is 0 Å². The number of benzene rings is 1. The zero-order valence-electron chi connectivity index (χ0n) is 10.3. The fourth-order valence-corrected chi connectivity index (χ4v) is 2.98. The summed E-state index contributed by atoms with van der Waals surface area (Å²) in [7, 11) is 1.86. The van der Waals surface area contributed by atoms with Gasteiger partial charge in [-0.05, 0) is 49.4 Å². The van der Waals surface area contributed by atoms with Crippen LogP contribution in [0.3, 0.4) is 0 Å². The van der Waals surface area contributed by atoms with Crippen molar-refractivity contribution in [2.45, 2.75) is 32.2 Å². The highest BCUT2D eigenvalue weighted by Gasteiger charge is 2.29. The van der Waals surface area contributed by atoms with Gasteiger partial charge in [0.1, 0.15) is 11.6 Å². The molecule has 0 aromatic heterocycles. The fraction of sp³-hybridized carbons (Fsp3) is 0.571. The Bertz CT molecular complexity index is 372. The van der Waals surface area contributed by atoms with Crippen LogP contribution in [0.1, 0.15) is 37.8 Å². The fourth-order valence-electron chi connectivity index (χ4n) is 2.98. The molecule has 0 bridgehead atoms. The summed E-state index contributed by atoms with van der Waals surface area (Å²) < 4.78 is 26.4. The van der Waals surface area contributed by atoms with Crippen molar-refractivity contribution in [1.29, 1.82) is 0 Å². The zero-order chi connectivity index (χ0) is 12.4. The molecule has 1 aromatic rings. The lowest BCUT2D eigenvalue weighted by molar-refractivity contribution is 0.377. The second-order valence-electron chi connectivity index (χ2n) is 5.15. The van der Waals surface area contributed by atoms with Crippen molar-refractivity contribution in [1.82, 2.24) is 5.32 Å². The summed E-state index contributed by atoms with van der Waals surface area (Å²) >= 11 is 0. The van der Waals surface area contributed by atoms with Gasteiger partial charge >= 0.3 is 0 Å². The smallest absolute Gasteiger partial charge is 0.126 e. The molecule has 2 rings (SSSR count). The third kappa shape index (κ3) is 2.83. The molecule has 1 fully saturated rings. The molecule has 1 aliphatic carbocycles. The van der Waals surface area contributed by atoms with Crippen LogP contribution in [-0.4, -0.2) is 7.05 Å². The van der Waals surface area contributed by atoms with Crippen molar-refractivity contribution in [3.63, 3.8) is 0 Å². The number of rotatable bonds is 3. The van der Waals surface area contributed by atoms with E-state index in [1.54, 1.807) is 0 Å². The molecule has 17 heavy (non-hydrogen) atoms. The Morgan fingerprint density at radius 3 is 2.29 bits per heavy atom. The molecule has 3 heteroatoms. The normalized spacial score (nSPS) is 26.1. The molecule has 1 nitrogen and oxygen atoms in total. The highest BCUT2D eigenvalue weighted by atomic mass is 19.1. The average Bonchev–Trinajstić information content (AvgIpc) is 2.64. The predicted octanol–water partition coefficient (Wildman–Crippen LogP) is 3.66. The molecule has 0 radical (unpaired) electrons. The van der Waals surface area contributed by atoms with Gasteiger partial charge in [0.05, 0.1) is 0 Å². The monoisotopic (exact) mass is 239 g/mol. The summed E-state index contributed by atoms with van der Waals surface area (Å²) in [4.78, 5) is 0. The minimum atomic E-state index is -0.494. The van der Waals surface area contributed by atoms with E-state index in [1.165, 1.54) is 18.6 Å². The Hall–Kier alpha value is -0.960. The van der Waals surface area contributed by atoms with E-state index in [0.29, 0.717) is 11.8 Å². The first-order chi connectivity index (χ1) is 8.10. The maximum atomic E-state index is 13.2.